The molecule has 2 aromatic carbocycles. The molecule has 192 valence electrons. The molecule has 0 radical (unpaired) electrons. The van der Waals surface area contributed by atoms with Crippen LogP contribution in [0.5, 0.6) is 0 Å². The van der Waals surface area contributed by atoms with Crippen molar-refractivity contribution in [1.29, 1.82) is 0 Å². The number of nitrogens with one attached hydrogen (secondary N) is 3. The molecule has 0 spiro atoms. The van der Waals surface area contributed by atoms with Gasteiger partial charge < -0.3 is 20.5 Å². The van der Waals surface area contributed by atoms with Crippen LogP contribution in [-0.2, 0) is 16.0 Å². The average Bonchev–Trinajstić information content (AvgIpc) is 3.32. The van der Waals surface area contributed by atoms with E-state index in [0.717, 1.165) is 58.0 Å². The zero-order valence-corrected chi connectivity index (χ0v) is 22.5. The van der Waals surface area contributed by atoms with Crippen LogP contribution in [0.4, 0.5) is 5.69 Å². The van der Waals surface area contributed by atoms with Gasteiger partial charge in [-0.05, 0) is 80.6 Å². The van der Waals surface area contributed by atoms with E-state index in [1.807, 2.05) is 60.4 Å². The Bertz CT molecular complexity index is 1380. The minimum Gasteiger partial charge on any atom is -0.359 e. The van der Waals surface area contributed by atoms with E-state index in [1.54, 1.807) is 0 Å². The fourth-order valence-electron chi connectivity index (χ4n) is 5.66. The van der Waals surface area contributed by atoms with Crippen LogP contribution < -0.4 is 10.6 Å². The quantitative estimate of drug-likeness (QED) is 0.387. The van der Waals surface area contributed by atoms with E-state index in [-0.39, 0.29) is 11.8 Å². The molecule has 2 aliphatic rings. The van der Waals surface area contributed by atoms with Crippen molar-refractivity contribution in [2.24, 2.45) is 0 Å². The highest BCUT2D eigenvalue weighted by molar-refractivity contribution is 6.36. The first-order chi connectivity index (χ1) is 17.7. The van der Waals surface area contributed by atoms with Gasteiger partial charge in [-0.3, -0.25) is 9.59 Å². The van der Waals surface area contributed by atoms with Crippen molar-refractivity contribution in [1.82, 2.24) is 15.2 Å². The van der Waals surface area contributed by atoms with Crippen molar-refractivity contribution >= 4 is 40.8 Å². The Morgan fingerprint density at radius 3 is 2.49 bits per heavy atom. The Morgan fingerprint density at radius 2 is 1.78 bits per heavy atom. The number of benzene rings is 2. The van der Waals surface area contributed by atoms with Gasteiger partial charge in [-0.15, -0.1) is 0 Å². The lowest BCUT2D eigenvalue weighted by Crippen LogP contribution is -2.55. The van der Waals surface area contributed by atoms with E-state index in [9.17, 15) is 9.59 Å². The van der Waals surface area contributed by atoms with Crippen molar-refractivity contribution in [3.8, 4) is 11.1 Å². The molecule has 3 N–H and O–H groups in total. The summed E-state index contributed by atoms with van der Waals surface area (Å²) in [6.07, 6.45) is 3.08. The zero-order valence-electron chi connectivity index (χ0n) is 21.7. The number of piperazine rings is 1. The highest BCUT2D eigenvalue weighted by Gasteiger charge is 2.28. The summed E-state index contributed by atoms with van der Waals surface area (Å²) in [7, 11) is 0. The summed E-state index contributed by atoms with van der Waals surface area (Å²) < 4.78 is 0. The van der Waals surface area contributed by atoms with Gasteiger partial charge in [-0.25, -0.2) is 0 Å². The van der Waals surface area contributed by atoms with Crippen LogP contribution in [0.2, 0.25) is 5.02 Å². The standard InChI is InChI=1S/C30H33ClN4O2/c1-17-15-35(16-18(2)32-17)28(36)13-12-23-19(3)27(33-20(23)4)14-25-29-24(21-8-10-22(31)11-9-21)6-5-7-26(29)34-30(25)37/h5-11,14,17-18,32-33H,12-13,15-16H2,1-4H3,(H,34,37)/b25-14-/t17-,18+. The number of aromatic amines is 1. The molecule has 2 amide bonds. The first kappa shape index (κ1) is 25.3. The number of halogens is 1. The Hall–Kier alpha value is -3.35. The lowest BCUT2D eigenvalue weighted by Gasteiger charge is -2.36. The Balaban J connectivity index is 1.42. The van der Waals surface area contributed by atoms with Crippen molar-refractivity contribution in [2.75, 3.05) is 18.4 Å². The summed E-state index contributed by atoms with van der Waals surface area (Å²) in [5.41, 5.74) is 8.43. The smallest absolute Gasteiger partial charge is 0.256 e. The first-order valence-corrected chi connectivity index (χ1v) is 13.2. The Morgan fingerprint density at radius 1 is 1.08 bits per heavy atom. The molecule has 7 heteroatoms. The Kier molecular flexibility index (Phi) is 6.97. The highest BCUT2D eigenvalue weighted by Crippen LogP contribution is 2.41. The maximum atomic E-state index is 13.0. The second-order valence-electron chi connectivity index (χ2n) is 10.3. The summed E-state index contributed by atoms with van der Waals surface area (Å²) in [5, 5.41) is 7.16. The third-order valence-electron chi connectivity index (χ3n) is 7.40. The fourth-order valence-corrected chi connectivity index (χ4v) is 5.78. The summed E-state index contributed by atoms with van der Waals surface area (Å²) in [4.78, 5) is 31.5. The van der Waals surface area contributed by atoms with Crippen LogP contribution in [0.15, 0.2) is 42.5 Å². The molecule has 3 heterocycles. The number of anilines is 1. The minimum atomic E-state index is -0.123. The van der Waals surface area contributed by atoms with Crippen LogP contribution in [0.1, 0.15) is 48.3 Å². The highest BCUT2D eigenvalue weighted by atomic mass is 35.5. The SMILES string of the molecule is Cc1[nH]c(/C=C2\C(=O)Nc3cccc(-c4ccc(Cl)cc4)c32)c(C)c1CCC(=O)N1C[C@@H](C)N[C@@H](C)C1. The molecule has 0 saturated carbocycles. The number of nitrogens with zero attached hydrogens (tertiary/aromatic N) is 1. The van der Waals surface area contributed by atoms with Crippen LogP contribution in [-0.4, -0.2) is 46.9 Å². The number of aryl methyl sites for hydroxylation is 1. The largest absolute Gasteiger partial charge is 0.359 e. The van der Waals surface area contributed by atoms with Crippen molar-refractivity contribution < 1.29 is 9.59 Å². The van der Waals surface area contributed by atoms with Gasteiger partial charge in [0.1, 0.15) is 0 Å². The summed E-state index contributed by atoms with van der Waals surface area (Å²) in [5.74, 6) is 0.0681. The molecular formula is C30H33ClN4O2. The number of aromatic nitrogens is 1. The normalized spacial score (nSPS) is 20.3. The van der Waals surface area contributed by atoms with Gasteiger partial charge in [0.15, 0.2) is 0 Å². The van der Waals surface area contributed by atoms with E-state index >= 15 is 0 Å². The van der Waals surface area contributed by atoms with E-state index in [0.29, 0.717) is 35.5 Å². The first-order valence-electron chi connectivity index (χ1n) is 12.9. The second kappa shape index (κ2) is 10.2. The maximum Gasteiger partial charge on any atom is 0.256 e. The van der Waals surface area contributed by atoms with Crippen LogP contribution in [0.3, 0.4) is 0 Å². The molecule has 1 saturated heterocycles. The molecule has 2 atom stereocenters. The lowest BCUT2D eigenvalue weighted by atomic mass is 9.94. The number of fused-ring (bicyclic) bond motifs is 1. The zero-order chi connectivity index (χ0) is 26.3. The molecule has 1 fully saturated rings. The van der Waals surface area contributed by atoms with Crippen LogP contribution in [0, 0.1) is 13.8 Å². The number of hydrogen-bond acceptors (Lipinski definition) is 3. The van der Waals surface area contributed by atoms with E-state index in [4.69, 9.17) is 11.6 Å². The van der Waals surface area contributed by atoms with E-state index in [1.165, 1.54) is 0 Å². The summed E-state index contributed by atoms with van der Waals surface area (Å²) >= 11 is 6.10. The lowest BCUT2D eigenvalue weighted by molar-refractivity contribution is -0.132. The summed E-state index contributed by atoms with van der Waals surface area (Å²) in [6.45, 7) is 9.82. The van der Waals surface area contributed by atoms with Gasteiger partial charge in [0, 0.05) is 59.3 Å². The third kappa shape index (κ3) is 5.09. The number of rotatable bonds is 5. The van der Waals surface area contributed by atoms with Crippen molar-refractivity contribution in [2.45, 2.75) is 52.6 Å². The molecule has 0 bridgehead atoms. The van der Waals surface area contributed by atoms with Gasteiger partial charge >= 0.3 is 0 Å². The molecule has 2 aliphatic heterocycles. The number of H-pyrrole nitrogens is 1. The topological polar surface area (TPSA) is 77.2 Å². The molecule has 6 nitrogen and oxygen atoms in total. The molecule has 0 unspecified atom stereocenters. The maximum absolute atomic E-state index is 13.0. The van der Waals surface area contributed by atoms with Gasteiger partial charge in [-0.2, -0.15) is 0 Å². The number of carbonyl (C=O) groups excluding carboxylic acids is 2. The Labute approximate surface area is 223 Å². The van der Waals surface area contributed by atoms with Gasteiger partial charge in [0.25, 0.3) is 5.91 Å². The van der Waals surface area contributed by atoms with Gasteiger partial charge in [-0.1, -0.05) is 35.9 Å². The van der Waals surface area contributed by atoms with Gasteiger partial charge in [0.2, 0.25) is 5.91 Å². The number of carbonyl (C=O) groups is 2. The molecule has 3 aromatic rings. The molecule has 37 heavy (non-hydrogen) atoms. The summed E-state index contributed by atoms with van der Waals surface area (Å²) in [6, 6.07) is 14.2. The number of amides is 2. The average molecular weight is 517 g/mol. The number of hydrogen-bond donors (Lipinski definition) is 3. The third-order valence-corrected chi connectivity index (χ3v) is 7.65. The monoisotopic (exact) mass is 516 g/mol. The van der Waals surface area contributed by atoms with Crippen LogP contribution in [0.25, 0.3) is 22.8 Å². The molecule has 5 rings (SSSR count). The minimum absolute atomic E-state index is 0.123. The predicted molar refractivity (Wildman–Crippen MR) is 151 cm³/mol. The molecule has 1 aromatic heterocycles. The predicted octanol–water partition coefficient (Wildman–Crippen LogP) is 5.59. The van der Waals surface area contributed by atoms with Crippen molar-refractivity contribution in [3.63, 3.8) is 0 Å². The van der Waals surface area contributed by atoms with E-state index in [2.05, 4.69) is 36.4 Å². The molecule has 0 aliphatic carbocycles. The molecular weight excluding hydrogens is 484 g/mol. The second-order valence-corrected chi connectivity index (χ2v) is 10.7. The van der Waals surface area contributed by atoms with Gasteiger partial charge in [0.05, 0.1) is 5.57 Å². The van der Waals surface area contributed by atoms with E-state index < -0.39 is 0 Å². The van der Waals surface area contributed by atoms with Crippen LogP contribution >= 0.6 is 11.6 Å². The van der Waals surface area contributed by atoms with Crippen molar-refractivity contribution in [3.05, 3.63) is 75.6 Å². The fraction of sp³-hybridized carbons (Fsp3) is 0.333.